The van der Waals surface area contributed by atoms with Crippen molar-refractivity contribution in [2.75, 3.05) is 6.54 Å². The first kappa shape index (κ1) is 25.9. The number of carbonyl (C=O) groups excluding carboxylic acids is 1. The second-order valence-electron chi connectivity index (χ2n) is 11.3. The van der Waals surface area contributed by atoms with Crippen molar-refractivity contribution in [3.63, 3.8) is 0 Å². The Morgan fingerprint density at radius 1 is 1.16 bits per heavy atom. The smallest absolute Gasteiger partial charge is 0.243 e. The molecule has 0 radical (unpaired) electrons. The van der Waals surface area contributed by atoms with Gasteiger partial charge in [0.05, 0.1) is 4.90 Å². The topological polar surface area (TPSA) is 83.7 Å². The Kier molecular flexibility index (Phi) is 6.87. The van der Waals surface area contributed by atoms with Gasteiger partial charge in [0.15, 0.2) is 12.0 Å². The summed E-state index contributed by atoms with van der Waals surface area (Å²) in [6.07, 6.45) is 3.42. The maximum Gasteiger partial charge on any atom is 0.243 e. The Morgan fingerprint density at radius 2 is 1.86 bits per heavy atom. The molecule has 37 heavy (non-hydrogen) atoms. The lowest BCUT2D eigenvalue weighted by Crippen LogP contribution is -2.51. The SMILES string of the molecule is Cc1ccc(S(=O)(=O)N2C[C@@H](F)C[C@H]2C(=O)N(Cc2ccc3ocnc3c2)C2CCC(C)(C)CC2)cc1. The Morgan fingerprint density at radius 3 is 2.57 bits per heavy atom. The maximum absolute atomic E-state index is 14.8. The number of hydrogen-bond acceptors (Lipinski definition) is 5. The van der Waals surface area contributed by atoms with Gasteiger partial charge >= 0.3 is 0 Å². The molecule has 1 saturated heterocycles. The molecule has 2 aromatic carbocycles. The molecule has 0 unspecified atom stereocenters. The molecule has 2 atom stereocenters. The summed E-state index contributed by atoms with van der Waals surface area (Å²) in [5.41, 5.74) is 3.35. The van der Waals surface area contributed by atoms with Gasteiger partial charge in [0.1, 0.15) is 17.7 Å². The van der Waals surface area contributed by atoms with E-state index in [9.17, 15) is 17.6 Å². The number of alkyl halides is 1. The van der Waals surface area contributed by atoms with E-state index in [4.69, 9.17) is 4.42 Å². The average molecular weight is 528 g/mol. The second kappa shape index (κ2) is 9.83. The molecule has 0 bridgehead atoms. The van der Waals surface area contributed by atoms with Crippen LogP contribution in [0.15, 0.2) is 58.2 Å². The molecule has 1 amide bonds. The van der Waals surface area contributed by atoms with Crippen molar-refractivity contribution in [2.24, 2.45) is 5.41 Å². The van der Waals surface area contributed by atoms with Crippen LogP contribution in [0.3, 0.4) is 0 Å². The monoisotopic (exact) mass is 527 g/mol. The van der Waals surface area contributed by atoms with E-state index in [-0.39, 0.29) is 35.2 Å². The summed E-state index contributed by atoms with van der Waals surface area (Å²) < 4.78 is 48.3. The average Bonchev–Trinajstić information content (AvgIpc) is 3.49. The van der Waals surface area contributed by atoms with Gasteiger partial charge in [0, 0.05) is 25.6 Å². The Labute approximate surface area is 217 Å². The van der Waals surface area contributed by atoms with Crippen LogP contribution in [0, 0.1) is 12.3 Å². The molecule has 0 spiro atoms. The minimum atomic E-state index is -4.04. The number of fused-ring (bicyclic) bond motifs is 1. The zero-order valence-corrected chi connectivity index (χ0v) is 22.4. The normalized spacial score (nSPS) is 22.9. The number of amides is 1. The molecule has 2 heterocycles. The van der Waals surface area contributed by atoms with E-state index < -0.39 is 22.2 Å². The fourth-order valence-electron chi connectivity index (χ4n) is 5.56. The van der Waals surface area contributed by atoms with E-state index >= 15 is 0 Å². The van der Waals surface area contributed by atoms with Gasteiger partial charge in [0.25, 0.3) is 0 Å². The van der Waals surface area contributed by atoms with Gasteiger partial charge in [0.2, 0.25) is 15.9 Å². The highest BCUT2D eigenvalue weighted by Gasteiger charge is 2.47. The van der Waals surface area contributed by atoms with Crippen LogP contribution >= 0.6 is 0 Å². The summed E-state index contributed by atoms with van der Waals surface area (Å²) in [5.74, 6) is -0.333. The van der Waals surface area contributed by atoms with Crippen LogP contribution in [0.4, 0.5) is 4.39 Å². The molecule has 0 N–H and O–H groups in total. The molecule has 198 valence electrons. The maximum atomic E-state index is 14.8. The number of hydrogen-bond donors (Lipinski definition) is 0. The summed E-state index contributed by atoms with van der Waals surface area (Å²) in [7, 11) is -4.04. The molecule has 5 rings (SSSR count). The minimum Gasteiger partial charge on any atom is -0.443 e. The van der Waals surface area contributed by atoms with Crippen molar-refractivity contribution in [1.29, 1.82) is 0 Å². The van der Waals surface area contributed by atoms with Gasteiger partial charge in [-0.25, -0.2) is 17.8 Å². The molecule has 3 aromatic rings. The van der Waals surface area contributed by atoms with Crippen LogP contribution in [-0.4, -0.2) is 53.3 Å². The number of nitrogens with zero attached hydrogens (tertiary/aromatic N) is 3. The van der Waals surface area contributed by atoms with Crippen LogP contribution in [0.2, 0.25) is 0 Å². The quantitative estimate of drug-likeness (QED) is 0.438. The predicted molar refractivity (Wildman–Crippen MR) is 139 cm³/mol. The summed E-state index contributed by atoms with van der Waals surface area (Å²) >= 11 is 0. The molecule has 1 aromatic heterocycles. The van der Waals surface area contributed by atoms with Crippen LogP contribution in [0.5, 0.6) is 0 Å². The number of aromatic nitrogens is 1. The first-order valence-corrected chi connectivity index (χ1v) is 14.3. The lowest BCUT2D eigenvalue weighted by molar-refractivity contribution is -0.139. The number of oxazole rings is 1. The third-order valence-corrected chi connectivity index (χ3v) is 9.79. The highest BCUT2D eigenvalue weighted by Crippen LogP contribution is 2.39. The highest BCUT2D eigenvalue weighted by atomic mass is 32.2. The Bertz CT molecular complexity index is 1380. The van der Waals surface area contributed by atoms with Crippen LogP contribution in [0.25, 0.3) is 11.1 Å². The minimum absolute atomic E-state index is 0.0453. The largest absolute Gasteiger partial charge is 0.443 e. The summed E-state index contributed by atoms with van der Waals surface area (Å²) in [6, 6.07) is 10.9. The van der Waals surface area contributed by atoms with Gasteiger partial charge in [-0.05, 0) is 67.9 Å². The van der Waals surface area contributed by atoms with Crippen molar-refractivity contribution in [3.05, 3.63) is 60.0 Å². The Balaban J connectivity index is 1.46. The number of halogens is 1. The third kappa shape index (κ3) is 5.29. The van der Waals surface area contributed by atoms with Gasteiger partial charge in [-0.3, -0.25) is 4.79 Å². The summed E-state index contributed by atoms with van der Waals surface area (Å²) in [4.78, 5) is 20.2. The van der Waals surface area contributed by atoms with E-state index in [0.717, 1.165) is 41.1 Å². The molecule has 1 aliphatic heterocycles. The van der Waals surface area contributed by atoms with Crippen molar-refractivity contribution in [1.82, 2.24) is 14.2 Å². The van der Waals surface area contributed by atoms with Crippen molar-refractivity contribution >= 4 is 27.0 Å². The predicted octanol–water partition coefficient (Wildman–Crippen LogP) is 5.23. The third-order valence-electron chi connectivity index (χ3n) is 7.90. The van der Waals surface area contributed by atoms with Crippen LogP contribution < -0.4 is 0 Å². The van der Waals surface area contributed by atoms with Crippen molar-refractivity contribution < 1.29 is 22.0 Å². The zero-order valence-electron chi connectivity index (χ0n) is 21.6. The van der Waals surface area contributed by atoms with Gasteiger partial charge in [-0.15, -0.1) is 0 Å². The second-order valence-corrected chi connectivity index (χ2v) is 13.1. The highest BCUT2D eigenvalue weighted by molar-refractivity contribution is 7.89. The number of aryl methyl sites for hydroxylation is 1. The first-order valence-electron chi connectivity index (χ1n) is 12.9. The first-order chi connectivity index (χ1) is 17.5. The van der Waals surface area contributed by atoms with E-state index in [0.29, 0.717) is 17.6 Å². The van der Waals surface area contributed by atoms with Gasteiger partial charge in [-0.1, -0.05) is 37.6 Å². The van der Waals surface area contributed by atoms with E-state index in [2.05, 4.69) is 18.8 Å². The fourth-order valence-corrected chi connectivity index (χ4v) is 7.18. The molecule has 2 aliphatic rings. The summed E-state index contributed by atoms with van der Waals surface area (Å²) in [6.45, 7) is 6.32. The zero-order chi connectivity index (χ0) is 26.4. The molecule has 1 aliphatic carbocycles. The fraction of sp³-hybridized carbons (Fsp3) is 0.500. The van der Waals surface area contributed by atoms with E-state index in [1.165, 1.54) is 18.5 Å². The summed E-state index contributed by atoms with van der Waals surface area (Å²) in [5, 5.41) is 0. The Hall–Kier alpha value is -2.78. The van der Waals surface area contributed by atoms with Gasteiger partial charge < -0.3 is 9.32 Å². The van der Waals surface area contributed by atoms with Crippen LogP contribution in [-0.2, 0) is 21.4 Å². The molecule has 1 saturated carbocycles. The number of sulfonamides is 1. The van der Waals surface area contributed by atoms with Gasteiger partial charge in [-0.2, -0.15) is 4.31 Å². The number of carbonyl (C=O) groups is 1. The van der Waals surface area contributed by atoms with Crippen molar-refractivity contribution in [3.8, 4) is 0 Å². The number of rotatable bonds is 6. The standard InChI is InChI=1S/C28H34FN3O4S/c1-19-4-7-23(8-5-19)37(34,35)32-17-21(29)15-25(32)27(33)31(22-10-12-28(2,3)13-11-22)16-20-6-9-26-24(14-20)30-18-36-26/h4-9,14,18,21-22,25H,10-13,15-17H2,1-3H3/t21-,25-/m0/s1. The molecular weight excluding hydrogens is 493 g/mol. The molecule has 9 heteroatoms. The lowest BCUT2D eigenvalue weighted by Gasteiger charge is -2.41. The lowest BCUT2D eigenvalue weighted by atomic mass is 9.75. The molecule has 2 fully saturated rings. The van der Waals surface area contributed by atoms with Crippen molar-refractivity contribution in [2.45, 2.75) is 82.6 Å². The molecular formula is C28H34FN3O4S. The van der Waals surface area contributed by atoms with E-state index in [1.807, 2.05) is 25.1 Å². The molecule has 7 nitrogen and oxygen atoms in total. The van der Waals surface area contributed by atoms with Crippen LogP contribution in [0.1, 0.15) is 57.1 Å². The number of benzene rings is 2. The van der Waals surface area contributed by atoms with E-state index in [1.54, 1.807) is 17.0 Å².